The predicted molar refractivity (Wildman–Crippen MR) is 92.2 cm³/mol. The summed E-state index contributed by atoms with van der Waals surface area (Å²) in [6.45, 7) is 0.677. The van der Waals surface area contributed by atoms with Crippen molar-refractivity contribution >= 4 is 29.5 Å². The minimum atomic E-state index is -0.794. The number of nitrogens with one attached hydrogen (secondary N) is 1. The Morgan fingerprint density at radius 2 is 1.86 bits per heavy atom. The van der Waals surface area contributed by atoms with Crippen LogP contribution in [0.4, 0.5) is 5.82 Å². The van der Waals surface area contributed by atoms with E-state index in [9.17, 15) is 19.2 Å². The van der Waals surface area contributed by atoms with Crippen molar-refractivity contribution in [1.29, 1.82) is 0 Å². The number of carbonyl (C=O) groups is 4. The van der Waals surface area contributed by atoms with Crippen molar-refractivity contribution in [3.63, 3.8) is 0 Å². The minimum Gasteiger partial charge on any atom is -0.454 e. The summed E-state index contributed by atoms with van der Waals surface area (Å²) in [7, 11) is 0. The Labute approximate surface area is 160 Å². The van der Waals surface area contributed by atoms with Crippen molar-refractivity contribution in [3.8, 4) is 0 Å². The lowest BCUT2D eigenvalue weighted by molar-refractivity contribution is -0.154. The maximum Gasteiger partial charge on any atom is 0.326 e. The summed E-state index contributed by atoms with van der Waals surface area (Å²) in [5, 5.41) is 6.03. The first-order valence-electron chi connectivity index (χ1n) is 9.36. The lowest BCUT2D eigenvalue weighted by atomic mass is 9.63. The highest BCUT2D eigenvalue weighted by molar-refractivity contribution is 6.08. The first-order chi connectivity index (χ1) is 13.4. The molecule has 146 valence electrons. The molecule has 28 heavy (non-hydrogen) atoms. The topological polar surface area (TPSA) is 119 Å². The van der Waals surface area contributed by atoms with Gasteiger partial charge in [-0.05, 0) is 37.0 Å². The molecule has 2 bridgehead atoms. The Balaban J connectivity index is 1.18. The molecule has 1 aromatic rings. The molecule has 9 nitrogen and oxygen atoms in total. The molecule has 2 heterocycles. The molecule has 1 aromatic heterocycles. The van der Waals surface area contributed by atoms with Gasteiger partial charge in [0.2, 0.25) is 11.8 Å². The van der Waals surface area contributed by atoms with E-state index in [0.717, 1.165) is 11.3 Å². The highest BCUT2D eigenvalue weighted by Gasteiger charge is 2.67. The van der Waals surface area contributed by atoms with Crippen molar-refractivity contribution in [1.82, 2.24) is 10.1 Å². The van der Waals surface area contributed by atoms with Gasteiger partial charge in [-0.25, -0.2) is 0 Å². The highest BCUT2D eigenvalue weighted by atomic mass is 16.5. The van der Waals surface area contributed by atoms with Crippen LogP contribution in [0.2, 0.25) is 0 Å². The first-order valence-corrected chi connectivity index (χ1v) is 9.36. The second-order valence-corrected chi connectivity index (χ2v) is 7.95. The number of nitrogens with zero attached hydrogens (tertiary/aromatic N) is 2. The number of hydrogen-bond donors (Lipinski definition) is 1. The van der Waals surface area contributed by atoms with Crippen LogP contribution in [0.25, 0.3) is 0 Å². The van der Waals surface area contributed by atoms with Gasteiger partial charge in [-0.2, -0.15) is 0 Å². The molecule has 0 radical (unpaired) electrons. The Morgan fingerprint density at radius 3 is 2.43 bits per heavy atom. The average molecular weight is 385 g/mol. The third-order valence-electron chi connectivity index (χ3n) is 6.30. The van der Waals surface area contributed by atoms with Crippen LogP contribution in [0, 0.1) is 42.4 Å². The van der Waals surface area contributed by atoms with Crippen molar-refractivity contribution in [2.24, 2.45) is 35.5 Å². The zero-order valence-electron chi connectivity index (χ0n) is 15.2. The van der Waals surface area contributed by atoms with Gasteiger partial charge in [0.15, 0.2) is 12.4 Å². The number of carbonyl (C=O) groups excluding carboxylic acids is 4. The number of ether oxygens (including phenoxy) is 1. The molecular weight excluding hydrogens is 366 g/mol. The number of amides is 3. The number of aromatic nitrogens is 1. The van der Waals surface area contributed by atoms with Gasteiger partial charge >= 0.3 is 5.97 Å². The number of hydrogen-bond acceptors (Lipinski definition) is 7. The number of imide groups is 1. The lowest BCUT2D eigenvalue weighted by Crippen LogP contribution is -2.40. The third kappa shape index (κ3) is 2.56. The molecule has 1 saturated heterocycles. The Bertz CT molecular complexity index is 885. The first kappa shape index (κ1) is 17.2. The van der Waals surface area contributed by atoms with E-state index < -0.39 is 25.0 Å². The lowest BCUT2D eigenvalue weighted by Gasteiger charge is -2.37. The second kappa shape index (κ2) is 6.02. The molecule has 0 spiro atoms. The maximum absolute atomic E-state index is 12.8. The zero-order valence-corrected chi connectivity index (χ0v) is 15.2. The smallest absolute Gasteiger partial charge is 0.326 e. The summed E-state index contributed by atoms with van der Waals surface area (Å²) in [4.78, 5) is 50.5. The van der Waals surface area contributed by atoms with E-state index in [4.69, 9.17) is 9.26 Å². The van der Waals surface area contributed by atoms with Gasteiger partial charge in [-0.15, -0.1) is 0 Å². The van der Waals surface area contributed by atoms with E-state index in [1.165, 1.54) is 6.07 Å². The van der Waals surface area contributed by atoms with Crippen LogP contribution in [0.15, 0.2) is 22.7 Å². The number of esters is 1. The van der Waals surface area contributed by atoms with Gasteiger partial charge < -0.3 is 14.6 Å². The molecule has 3 fully saturated rings. The van der Waals surface area contributed by atoms with Gasteiger partial charge in [0, 0.05) is 6.07 Å². The van der Waals surface area contributed by atoms with Crippen LogP contribution in [0.1, 0.15) is 12.2 Å². The molecular formula is C19H19N3O6. The van der Waals surface area contributed by atoms with E-state index in [2.05, 4.69) is 22.6 Å². The number of aryl methyl sites for hydroxylation is 1. The Hall–Kier alpha value is -2.97. The number of allylic oxidation sites excluding steroid dienone is 2. The van der Waals surface area contributed by atoms with Crippen LogP contribution >= 0.6 is 0 Å². The molecule has 6 atom stereocenters. The molecule has 3 amide bonds. The largest absolute Gasteiger partial charge is 0.454 e. The highest BCUT2D eigenvalue weighted by Crippen LogP contribution is 2.65. The van der Waals surface area contributed by atoms with E-state index in [1.54, 1.807) is 6.92 Å². The number of anilines is 1. The summed E-state index contributed by atoms with van der Waals surface area (Å²) >= 11 is 0. The monoisotopic (exact) mass is 385 g/mol. The number of rotatable bonds is 5. The zero-order chi connectivity index (χ0) is 19.6. The fraction of sp³-hybridized carbons (Fsp3) is 0.526. The molecule has 6 rings (SSSR count). The van der Waals surface area contributed by atoms with Crippen molar-refractivity contribution in [2.75, 3.05) is 18.5 Å². The van der Waals surface area contributed by atoms with Crippen LogP contribution in [0.3, 0.4) is 0 Å². The molecule has 6 unspecified atom stereocenters. The van der Waals surface area contributed by atoms with Crippen molar-refractivity contribution in [3.05, 3.63) is 24.0 Å². The molecule has 2 saturated carbocycles. The molecule has 4 aliphatic carbocycles. The van der Waals surface area contributed by atoms with E-state index in [-0.39, 0.29) is 41.3 Å². The Morgan fingerprint density at radius 1 is 1.21 bits per heavy atom. The van der Waals surface area contributed by atoms with E-state index >= 15 is 0 Å². The van der Waals surface area contributed by atoms with Gasteiger partial charge in [-0.1, -0.05) is 17.3 Å². The summed E-state index contributed by atoms with van der Waals surface area (Å²) in [5.41, 5.74) is 0. The summed E-state index contributed by atoms with van der Waals surface area (Å²) in [6.07, 6.45) is 5.23. The van der Waals surface area contributed by atoms with Crippen LogP contribution in [-0.4, -0.2) is 46.9 Å². The Kier molecular flexibility index (Phi) is 3.68. The molecule has 9 heteroatoms. The van der Waals surface area contributed by atoms with Gasteiger partial charge in [0.05, 0.1) is 11.8 Å². The second-order valence-electron chi connectivity index (χ2n) is 7.95. The van der Waals surface area contributed by atoms with Gasteiger partial charge in [-0.3, -0.25) is 24.1 Å². The molecule has 1 aliphatic heterocycles. The van der Waals surface area contributed by atoms with Crippen LogP contribution < -0.4 is 5.32 Å². The third-order valence-corrected chi connectivity index (χ3v) is 6.30. The van der Waals surface area contributed by atoms with Crippen LogP contribution in [-0.2, 0) is 23.9 Å². The maximum atomic E-state index is 12.8. The normalized spacial score (nSPS) is 34.2. The minimum absolute atomic E-state index is 0.106. The summed E-state index contributed by atoms with van der Waals surface area (Å²) < 4.78 is 9.75. The average Bonchev–Trinajstić information content (AvgIpc) is 3.35. The van der Waals surface area contributed by atoms with Crippen LogP contribution in [0.5, 0.6) is 0 Å². The quantitative estimate of drug-likeness (QED) is 0.446. The number of likely N-dealkylation sites (tertiary alicyclic amines) is 1. The van der Waals surface area contributed by atoms with Crippen molar-refractivity contribution in [2.45, 2.75) is 13.3 Å². The fourth-order valence-corrected chi connectivity index (χ4v) is 5.10. The van der Waals surface area contributed by atoms with E-state index in [1.807, 2.05) is 0 Å². The SMILES string of the molecule is Cc1cc(NC(=O)COC(=O)CN2C(=O)C3C4C=CC(C5CC45)C3C2=O)no1. The summed E-state index contributed by atoms with van der Waals surface area (Å²) in [6, 6.07) is 1.52. The fourth-order valence-electron chi connectivity index (χ4n) is 5.10. The van der Waals surface area contributed by atoms with Crippen molar-refractivity contribution < 1.29 is 28.4 Å². The molecule has 0 aromatic carbocycles. The van der Waals surface area contributed by atoms with Gasteiger partial charge in [0.1, 0.15) is 12.3 Å². The predicted octanol–water partition coefficient (Wildman–Crippen LogP) is 0.518. The van der Waals surface area contributed by atoms with Gasteiger partial charge in [0.25, 0.3) is 5.91 Å². The van der Waals surface area contributed by atoms with E-state index in [0.29, 0.717) is 17.6 Å². The summed E-state index contributed by atoms with van der Waals surface area (Å²) in [5.74, 6) is -0.700. The standard InChI is InChI=1S/C19H19N3O6/c1-8-4-13(21-28-8)20-14(23)7-27-15(24)6-22-18(25)16-9-2-3-10(12-5-11(9)12)17(16)19(22)26/h2-4,9-12,16-17H,5-7H2,1H3,(H,20,21,23). The molecule has 5 aliphatic rings. The molecule has 1 N–H and O–H groups in total.